The van der Waals surface area contributed by atoms with Crippen LogP contribution in [0.3, 0.4) is 0 Å². The molecule has 0 aromatic heterocycles. The molecule has 2 nitrogen and oxygen atoms in total. The Morgan fingerprint density at radius 2 is 2.11 bits per heavy atom. The van der Waals surface area contributed by atoms with Gasteiger partial charge < -0.3 is 10.1 Å². The summed E-state index contributed by atoms with van der Waals surface area (Å²) in [6.07, 6.45) is 4.83. The quantitative estimate of drug-likeness (QED) is 0.845. The fraction of sp³-hybridized carbons (Fsp3) is 0.647. The van der Waals surface area contributed by atoms with E-state index in [-0.39, 0.29) is 5.60 Å². The minimum absolute atomic E-state index is 0.0868. The molecule has 0 saturated heterocycles. The SMILES string of the molecule is CCCCC(C)NC1CC(C)(C)Oc2ccccc21. The molecular weight excluding hydrogens is 234 g/mol. The maximum atomic E-state index is 6.07. The summed E-state index contributed by atoms with van der Waals surface area (Å²) in [5.41, 5.74) is 1.22. The van der Waals surface area contributed by atoms with Gasteiger partial charge in [-0.25, -0.2) is 0 Å². The van der Waals surface area contributed by atoms with E-state index in [1.807, 2.05) is 0 Å². The number of para-hydroxylation sites is 1. The van der Waals surface area contributed by atoms with Crippen molar-refractivity contribution >= 4 is 0 Å². The third kappa shape index (κ3) is 3.73. The van der Waals surface area contributed by atoms with Crippen molar-refractivity contribution in [1.82, 2.24) is 5.32 Å². The first-order valence-electron chi connectivity index (χ1n) is 7.56. The number of benzene rings is 1. The van der Waals surface area contributed by atoms with Gasteiger partial charge in [0.2, 0.25) is 0 Å². The van der Waals surface area contributed by atoms with Crippen LogP contribution in [0.4, 0.5) is 0 Å². The molecule has 2 unspecified atom stereocenters. The molecule has 2 heteroatoms. The zero-order chi connectivity index (χ0) is 13.9. The van der Waals surface area contributed by atoms with Crippen molar-refractivity contribution in [3.8, 4) is 5.75 Å². The standard InChI is InChI=1S/C17H27NO/c1-5-6-9-13(2)18-15-12-17(3,4)19-16-11-8-7-10-14(15)16/h7-8,10-11,13,15,18H,5-6,9,12H2,1-4H3. The number of hydrogen-bond acceptors (Lipinski definition) is 2. The molecule has 106 valence electrons. The highest BCUT2D eigenvalue weighted by atomic mass is 16.5. The molecule has 1 aromatic rings. The van der Waals surface area contributed by atoms with Crippen molar-refractivity contribution in [2.75, 3.05) is 0 Å². The average Bonchev–Trinajstić information content (AvgIpc) is 2.35. The van der Waals surface area contributed by atoms with Gasteiger partial charge in [-0.3, -0.25) is 0 Å². The van der Waals surface area contributed by atoms with Crippen molar-refractivity contribution in [3.63, 3.8) is 0 Å². The van der Waals surface area contributed by atoms with Crippen molar-refractivity contribution in [2.45, 2.75) is 71.1 Å². The Kier molecular flexibility index (Phi) is 4.51. The Hall–Kier alpha value is -1.02. The van der Waals surface area contributed by atoms with E-state index >= 15 is 0 Å². The highest BCUT2D eigenvalue weighted by Crippen LogP contribution is 2.39. The fourth-order valence-electron chi connectivity index (χ4n) is 2.89. The minimum atomic E-state index is -0.0868. The van der Waals surface area contributed by atoms with Crippen LogP contribution in [-0.4, -0.2) is 11.6 Å². The second-order valence-electron chi connectivity index (χ2n) is 6.37. The minimum Gasteiger partial charge on any atom is -0.487 e. The monoisotopic (exact) mass is 261 g/mol. The second kappa shape index (κ2) is 5.96. The highest BCUT2D eigenvalue weighted by Gasteiger charge is 2.33. The summed E-state index contributed by atoms with van der Waals surface area (Å²) in [4.78, 5) is 0. The third-order valence-electron chi connectivity index (χ3n) is 3.85. The van der Waals surface area contributed by atoms with Crippen molar-refractivity contribution in [3.05, 3.63) is 29.8 Å². The molecule has 2 atom stereocenters. The summed E-state index contributed by atoms with van der Waals surface area (Å²) >= 11 is 0. The van der Waals surface area contributed by atoms with Crippen LogP contribution in [0.5, 0.6) is 5.75 Å². The molecule has 0 bridgehead atoms. The summed E-state index contributed by atoms with van der Waals surface area (Å²) in [5, 5.41) is 3.79. The smallest absolute Gasteiger partial charge is 0.124 e. The van der Waals surface area contributed by atoms with Gasteiger partial charge in [-0.1, -0.05) is 38.0 Å². The van der Waals surface area contributed by atoms with E-state index in [0.29, 0.717) is 12.1 Å². The Bertz CT molecular complexity index is 413. The molecule has 1 aromatic carbocycles. The number of rotatable bonds is 5. The Balaban J connectivity index is 2.11. The van der Waals surface area contributed by atoms with Crippen LogP contribution in [0.1, 0.15) is 65.0 Å². The van der Waals surface area contributed by atoms with Crippen LogP contribution in [0, 0.1) is 0 Å². The molecule has 0 saturated carbocycles. The van der Waals surface area contributed by atoms with Gasteiger partial charge in [0.15, 0.2) is 0 Å². The van der Waals surface area contributed by atoms with E-state index in [1.54, 1.807) is 0 Å². The van der Waals surface area contributed by atoms with Gasteiger partial charge in [-0.2, -0.15) is 0 Å². The first-order valence-corrected chi connectivity index (χ1v) is 7.56. The largest absolute Gasteiger partial charge is 0.487 e. The van der Waals surface area contributed by atoms with Gasteiger partial charge in [0.25, 0.3) is 0 Å². The van der Waals surface area contributed by atoms with E-state index in [4.69, 9.17) is 4.74 Å². The van der Waals surface area contributed by atoms with E-state index < -0.39 is 0 Å². The lowest BCUT2D eigenvalue weighted by Gasteiger charge is -2.39. The van der Waals surface area contributed by atoms with Gasteiger partial charge in [0.05, 0.1) is 0 Å². The Labute approximate surface area is 117 Å². The van der Waals surface area contributed by atoms with Crippen LogP contribution >= 0.6 is 0 Å². The lowest BCUT2D eigenvalue weighted by molar-refractivity contribution is 0.0638. The topological polar surface area (TPSA) is 21.3 Å². The molecule has 0 aliphatic carbocycles. The molecule has 1 aliphatic heterocycles. The van der Waals surface area contributed by atoms with Crippen molar-refractivity contribution < 1.29 is 4.74 Å². The second-order valence-corrected chi connectivity index (χ2v) is 6.37. The molecule has 1 N–H and O–H groups in total. The molecular formula is C17H27NO. The summed E-state index contributed by atoms with van der Waals surface area (Å²) in [6, 6.07) is 9.40. The van der Waals surface area contributed by atoms with Gasteiger partial charge in [-0.15, -0.1) is 0 Å². The van der Waals surface area contributed by atoms with Gasteiger partial charge in [0.1, 0.15) is 11.4 Å². The number of unbranched alkanes of at least 4 members (excludes halogenated alkanes) is 1. The van der Waals surface area contributed by atoms with Gasteiger partial charge in [-0.05, 0) is 33.3 Å². The van der Waals surface area contributed by atoms with Crippen LogP contribution in [0.15, 0.2) is 24.3 Å². The summed E-state index contributed by atoms with van der Waals surface area (Å²) in [7, 11) is 0. The van der Waals surface area contributed by atoms with E-state index in [1.165, 1.54) is 24.8 Å². The number of fused-ring (bicyclic) bond motifs is 1. The van der Waals surface area contributed by atoms with E-state index in [9.17, 15) is 0 Å². The molecule has 1 heterocycles. The molecule has 0 spiro atoms. The number of ether oxygens (including phenoxy) is 1. The van der Waals surface area contributed by atoms with Gasteiger partial charge in [0, 0.05) is 24.1 Å². The normalized spacial score (nSPS) is 22.4. The highest BCUT2D eigenvalue weighted by molar-refractivity contribution is 5.38. The predicted molar refractivity (Wildman–Crippen MR) is 80.6 cm³/mol. The maximum Gasteiger partial charge on any atom is 0.124 e. The van der Waals surface area contributed by atoms with Crippen LogP contribution in [0.2, 0.25) is 0 Å². The Morgan fingerprint density at radius 3 is 2.84 bits per heavy atom. The lowest BCUT2D eigenvalue weighted by Crippen LogP contribution is -2.41. The van der Waals surface area contributed by atoms with E-state index in [2.05, 4.69) is 57.3 Å². The molecule has 0 radical (unpaired) electrons. The summed E-state index contributed by atoms with van der Waals surface area (Å²) in [5.74, 6) is 1.04. The lowest BCUT2D eigenvalue weighted by atomic mass is 9.89. The molecule has 2 rings (SSSR count). The van der Waals surface area contributed by atoms with Gasteiger partial charge >= 0.3 is 0 Å². The zero-order valence-corrected chi connectivity index (χ0v) is 12.7. The molecule has 0 fully saturated rings. The maximum absolute atomic E-state index is 6.07. The summed E-state index contributed by atoms with van der Waals surface area (Å²) < 4.78 is 6.07. The number of nitrogens with one attached hydrogen (secondary N) is 1. The predicted octanol–water partition coefficient (Wildman–Crippen LogP) is 4.46. The van der Waals surface area contributed by atoms with E-state index in [0.717, 1.165) is 12.2 Å². The zero-order valence-electron chi connectivity index (χ0n) is 12.7. The Morgan fingerprint density at radius 1 is 1.37 bits per heavy atom. The van der Waals surface area contributed by atoms with Crippen molar-refractivity contribution in [2.24, 2.45) is 0 Å². The average molecular weight is 261 g/mol. The van der Waals surface area contributed by atoms with Crippen LogP contribution < -0.4 is 10.1 Å². The van der Waals surface area contributed by atoms with Crippen LogP contribution in [-0.2, 0) is 0 Å². The summed E-state index contributed by atoms with van der Waals surface area (Å²) in [6.45, 7) is 8.89. The first kappa shape index (κ1) is 14.4. The molecule has 1 aliphatic rings. The van der Waals surface area contributed by atoms with Crippen molar-refractivity contribution in [1.29, 1.82) is 0 Å². The third-order valence-corrected chi connectivity index (χ3v) is 3.85. The molecule has 0 amide bonds. The first-order chi connectivity index (χ1) is 9.02. The fourth-order valence-corrected chi connectivity index (χ4v) is 2.89. The number of hydrogen-bond donors (Lipinski definition) is 1. The van der Waals surface area contributed by atoms with Crippen LogP contribution in [0.25, 0.3) is 0 Å². The molecule has 19 heavy (non-hydrogen) atoms.